The molecule has 0 radical (unpaired) electrons. The third-order valence-corrected chi connectivity index (χ3v) is 5.74. The number of pyridine rings is 1. The number of carbonyl (C=O) groups excluding carboxylic acids is 1. The fourth-order valence-corrected chi connectivity index (χ4v) is 4.31. The molecule has 5 heteroatoms. The van der Waals surface area contributed by atoms with Crippen molar-refractivity contribution in [1.29, 1.82) is 0 Å². The van der Waals surface area contributed by atoms with Crippen molar-refractivity contribution in [2.75, 3.05) is 5.32 Å². The van der Waals surface area contributed by atoms with Gasteiger partial charge in [-0.3, -0.25) is 4.98 Å². The number of benzene rings is 2. The van der Waals surface area contributed by atoms with Crippen LogP contribution in [0.25, 0.3) is 11.3 Å². The molecule has 2 amide bonds. The SMILES string of the molecule is Cc1cnc(-c2ccccc2)c(NC(=O)N[C@@H]2c3ccccc3C(C)(C)C[C@H]2O)c1. The normalized spacial score (nSPS) is 19.6. The summed E-state index contributed by atoms with van der Waals surface area (Å²) >= 11 is 0. The summed E-state index contributed by atoms with van der Waals surface area (Å²) in [6.07, 6.45) is 1.70. The van der Waals surface area contributed by atoms with Gasteiger partial charge in [-0.05, 0) is 41.5 Å². The van der Waals surface area contributed by atoms with Crippen LogP contribution in [0.1, 0.15) is 43.0 Å². The Morgan fingerprint density at radius 3 is 2.57 bits per heavy atom. The van der Waals surface area contributed by atoms with Gasteiger partial charge in [0.15, 0.2) is 0 Å². The zero-order valence-corrected chi connectivity index (χ0v) is 17.5. The Bertz CT molecular complexity index is 1060. The van der Waals surface area contributed by atoms with Crippen LogP contribution in [0.2, 0.25) is 0 Å². The van der Waals surface area contributed by atoms with Crippen molar-refractivity contribution >= 4 is 11.7 Å². The number of urea groups is 1. The van der Waals surface area contributed by atoms with Crippen LogP contribution in [0.4, 0.5) is 10.5 Å². The molecule has 0 fully saturated rings. The Morgan fingerprint density at radius 1 is 1.10 bits per heavy atom. The van der Waals surface area contributed by atoms with Crippen LogP contribution in [0, 0.1) is 6.92 Å². The molecule has 154 valence electrons. The van der Waals surface area contributed by atoms with Gasteiger partial charge in [0.25, 0.3) is 0 Å². The van der Waals surface area contributed by atoms with E-state index in [0.717, 1.165) is 22.3 Å². The first kappa shape index (κ1) is 20.1. The number of hydrogen-bond acceptors (Lipinski definition) is 3. The van der Waals surface area contributed by atoms with Crippen LogP contribution in [-0.4, -0.2) is 22.2 Å². The number of hydrogen-bond donors (Lipinski definition) is 3. The number of nitrogens with zero attached hydrogens (tertiary/aromatic N) is 1. The number of rotatable bonds is 3. The molecule has 1 aliphatic carbocycles. The van der Waals surface area contributed by atoms with E-state index in [1.54, 1.807) is 6.20 Å². The predicted molar refractivity (Wildman–Crippen MR) is 119 cm³/mol. The maximum absolute atomic E-state index is 12.9. The minimum Gasteiger partial charge on any atom is -0.391 e. The molecule has 0 saturated heterocycles. The highest BCUT2D eigenvalue weighted by molar-refractivity contribution is 5.94. The molecule has 0 saturated carbocycles. The van der Waals surface area contributed by atoms with Crippen molar-refractivity contribution in [1.82, 2.24) is 10.3 Å². The third kappa shape index (κ3) is 3.94. The molecule has 2 aromatic carbocycles. The molecule has 30 heavy (non-hydrogen) atoms. The highest BCUT2D eigenvalue weighted by atomic mass is 16.3. The van der Waals surface area contributed by atoms with Crippen molar-refractivity contribution in [3.63, 3.8) is 0 Å². The molecule has 5 nitrogen and oxygen atoms in total. The summed E-state index contributed by atoms with van der Waals surface area (Å²) in [7, 11) is 0. The van der Waals surface area contributed by atoms with Gasteiger partial charge < -0.3 is 15.7 Å². The standard InChI is InChI=1S/C25H27N3O2/c1-16-13-20(22(26-15-16)17-9-5-4-6-10-17)27-24(30)28-23-18-11-7-8-12-19(18)25(2,3)14-21(23)29/h4-13,15,21,23,29H,14H2,1-3H3,(H2,27,28,30)/t21-,23-/m1/s1. The Labute approximate surface area is 177 Å². The van der Waals surface area contributed by atoms with Crippen LogP contribution < -0.4 is 10.6 Å². The second-order valence-electron chi connectivity index (χ2n) is 8.59. The Balaban J connectivity index is 1.60. The summed E-state index contributed by atoms with van der Waals surface area (Å²) < 4.78 is 0. The van der Waals surface area contributed by atoms with Crippen molar-refractivity contribution in [3.8, 4) is 11.3 Å². The predicted octanol–water partition coefficient (Wildman–Crippen LogP) is 4.96. The van der Waals surface area contributed by atoms with Crippen molar-refractivity contribution in [3.05, 3.63) is 83.6 Å². The smallest absolute Gasteiger partial charge is 0.319 e. The van der Waals surface area contributed by atoms with E-state index in [1.807, 2.05) is 61.5 Å². The van der Waals surface area contributed by atoms with Gasteiger partial charge in [-0.25, -0.2) is 4.79 Å². The monoisotopic (exact) mass is 401 g/mol. The molecule has 0 unspecified atom stereocenters. The number of aryl methyl sites for hydroxylation is 1. The lowest BCUT2D eigenvalue weighted by Gasteiger charge is -2.40. The van der Waals surface area contributed by atoms with Crippen LogP contribution in [0.5, 0.6) is 0 Å². The summed E-state index contributed by atoms with van der Waals surface area (Å²) in [6, 6.07) is 18.8. The number of amides is 2. The van der Waals surface area contributed by atoms with E-state index in [-0.39, 0.29) is 11.4 Å². The number of aliphatic hydroxyl groups is 1. The molecule has 1 aliphatic rings. The number of fused-ring (bicyclic) bond motifs is 1. The van der Waals surface area contributed by atoms with Gasteiger partial charge in [-0.15, -0.1) is 0 Å². The summed E-state index contributed by atoms with van der Waals surface area (Å²) in [5.74, 6) is 0. The maximum Gasteiger partial charge on any atom is 0.319 e. The molecular weight excluding hydrogens is 374 g/mol. The fraction of sp³-hybridized carbons (Fsp3) is 0.280. The minimum atomic E-state index is -0.662. The first-order valence-corrected chi connectivity index (χ1v) is 10.2. The average molecular weight is 402 g/mol. The Hall–Kier alpha value is -3.18. The van der Waals surface area contributed by atoms with E-state index >= 15 is 0 Å². The van der Waals surface area contributed by atoms with E-state index in [1.165, 1.54) is 0 Å². The number of anilines is 1. The van der Waals surface area contributed by atoms with Gasteiger partial charge in [-0.2, -0.15) is 0 Å². The van der Waals surface area contributed by atoms with E-state index in [4.69, 9.17) is 0 Å². The van der Waals surface area contributed by atoms with Crippen molar-refractivity contribution < 1.29 is 9.90 Å². The van der Waals surface area contributed by atoms with Crippen molar-refractivity contribution in [2.45, 2.75) is 44.8 Å². The quantitative estimate of drug-likeness (QED) is 0.581. The number of nitrogens with one attached hydrogen (secondary N) is 2. The molecular formula is C25H27N3O2. The third-order valence-electron chi connectivity index (χ3n) is 5.74. The average Bonchev–Trinajstić information content (AvgIpc) is 2.72. The van der Waals surface area contributed by atoms with E-state index in [9.17, 15) is 9.90 Å². The summed E-state index contributed by atoms with van der Waals surface area (Å²) in [4.78, 5) is 17.5. The lowest BCUT2D eigenvalue weighted by molar-refractivity contribution is 0.0883. The number of aliphatic hydroxyl groups excluding tert-OH is 1. The highest BCUT2D eigenvalue weighted by Gasteiger charge is 2.39. The van der Waals surface area contributed by atoms with E-state index in [0.29, 0.717) is 17.8 Å². The van der Waals surface area contributed by atoms with Gasteiger partial charge in [0.2, 0.25) is 0 Å². The molecule has 4 rings (SSSR count). The first-order valence-electron chi connectivity index (χ1n) is 10.2. The molecule has 3 N–H and O–H groups in total. The van der Waals surface area contributed by atoms with Gasteiger partial charge in [0.1, 0.15) is 0 Å². The lowest BCUT2D eigenvalue weighted by Crippen LogP contribution is -2.45. The molecule has 0 bridgehead atoms. The molecule has 1 aromatic heterocycles. The van der Waals surface area contributed by atoms with Crippen molar-refractivity contribution in [2.24, 2.45) is 0 Å². The summed E-state index contributed by atoms with van der Waals surface area (Å²) in [5, 5.41) is 16.7. The Morgan fingerprint density at radius 2 is 1.80 bits per heavy atom. The van der Waals surface area contributed by atoms with Gasteiger partial charge in [0, 0.05) is 11.8 Å². The topological polar surface area (TPSA) is 74.2 Å². The lowest BCUT2D eigenvalue weighted by atomic mass is 9.70. The second kappa shape index (κ2) is 7.92. The molecule has 2 atom stereocenters. The van der Waals surface area contributed by atoms with Crippen LogP contribution in [-0.2, 0) is 5.41 Å². The van der Waals surface area contributed by atoms with E-state index in [2.05, 4.69) is 35.5 Å². The summed E-state index contributed by atoms with van der Waals surface area (Å²) in [6.45, 7) is 6.18. The van der Waals surface area contributed by atoms with Crippen LogP contribution in [0.15, 0.2) is 66.9 Å². The fourth-order valence-electron chi connectivity index (χ4n) is 4.31. The Kier molecular flexibility index (Phi) is 5.31. The van der Waals surface area contributed by atoms with Gasteiger partial charge in [-0.1, -0.05) is 68.4 Å². The number of carbonyl (C=O) groups is 1. The largest absolute Gasteiger partial charge is 0.391 e. The van der Waals surface area contributed by atoms with E-state index < -0.39 is 12.1 Å². The second-order valence-corrected chi connectivity index (χ2v) is 8.59. The van der Waals surface area contributed by atoms with Crippen LogP contribution in [0.3, 0.4) is 0 Å². The van der Waals surface area contributed by atoms with Gasteiger partial charge in [0.05, 0.1) is 23.5 Å². The zero-order valence-electron chi connectivity index (χ0n) is 17.5. The molecule has 0 spiro atoms. The first-order chi connectivity index (χ1) is 14.3. The summed E-state index contributed by atoms with van der Waals surface area (Å²) in [5.41, 5.74) is 5.20. The molecule has 0 aliphatic heterocycles. The molecule has 3 aromatic rings. The minimum absolute atomic E-state index is 0.147. The van der Waals surface area contributed by atoms with Crippen LogP contribution >= 0.6 is 0 Å². The highest BCUT2D eigenvalue weighted by Crippen LogP contribution is 2.41. The molecule has 1 heterocycles. The maximum atomic E-state index is 12.9. The number of aromatic nitrogens is 1. The zero-order chi connectivity index (χ0) is 21.3. The van der Waals surface area contributed by atoms with Gasteiger partial charge >= 0.3 is 6.03 Å².